The number of sulfonamides is 2. The largest absolute Gasteiger partial charge is 0.444 e. The molecule has 1 N–H and O–H groups in total. The molecule has 2 amide bonds. The van der Waals surface area contributed by atoms with E-state index in [1.807, 2.05) is 67.0 Å². The second-order valence-corrected chi connectivity index (χ2v) is 31.5. The maximum Gasteiger partial charge on any atom is 0.410 e. The van der Waals surface area contributed by atoms with Gasteiger partial charge in [-0.3, -0.25) is 23.6 Å². The summed E-state index contributed by atoms with van der Waals surface area (Å²) in [6, 6.07) is 26.7. The van der Waals surface area contributed by atoms with Crippen molar-refractivity contribution in [3.63, 3.8) is 0 Å². The number of aromatic nitrogens is 4. The van der Waals surface area contributed by atoms with E-state index in [0.717, 1.165) is 65.1 Å². The first-order valence-electron chi connectivity index (χ1n) is 33.2. The highest BCUT2D eigenvalue weighted by Gasteiger charge is 2.42. The SMILES string of the molecule is C=CCN(CCCc1cn(-c2ccc(S(=O)(=O)N(C)C)cc2)c(=O)c(N2CCN(C(=O)OC(C)(C)C)CC2)n1)[C@@H]1C[C@H]1c1ccc(F)cc1.C=CCN[C@@H]1C[C@H]1c1ccc(F)cc1.CN(C)S(=O)(=O)c1ccc(-n2cc(CCC=O)nc(N3CCN(C(=O)OC(C)(C)C)CC3)c2=O)cc1. The maximum absolute atomic E-state index is 14.0. The number of carbonyl (C=O) groups excluding carboxylic acids is 3. The molecule has 0 unspecified atom stereocenters. The molecule has 2 aliphatic heterocycles. The third-order valence-corrected chi connectivity index (χ3v) is 20.7. The number of benzene rings is 4. The number of ether oxygens (including phenoxy) is 2. The lowest BCUT2D eigenvalue weighted by Crippen LogP contribution is -2.51. The highest BCUT2D eigenvalue weighted by Crippen LogP contribution is 2.45. The number of aldehydes is 1. The predicted octanol–water partition coefficient (Wildman–Crippen LogP) is 8.78. The van der Waals surface area contributed by atoms with Crippen molar-refractivity contribution in [3.8, 4) is 11.4 Å². The van der Waals surface area contributed by atoms with Crippen LogP contribution in [0.25, 0.3) is 11.4 Å². The highest BCUT2D eigenvalue weighted by molar-refractivity contribution is 7.89. The zero-order valence-corrected chi connectivity index (χ0v) is 60.0. The van der Waals surface area contributed by atoms with Crippen molar-refractivity contribution in [1.29, 1.82) is 0 Å². The van der Waals surface area contributed by atoms with E-state index in [-0.39, 0.29) is 56.7 Å². The number of hydrogen-bond acceptors (Lipinski definition) is 17. The van der Waals surface area contributed by atoms with Crippen LogP contribution in [0.2, 0.25) is 0 Å². The Morgan fingerprint density at radius 1 is 0.596 bits per heavy atom. The van der Waals surface area contributed by atoms with Gasteiger partial charge in [0.1, 0.15) is 29.1 Å². The smallest absolute Gasteiger partial charge is 0.410 e. The van der Waals surface area contributed by atoms with E-state index in [0.29, 0.717) is 106 Å². The molecule has 0 bridgehead atoms. The molecule has 6 aromatic rings. The van der Waals surface area contributed by atoms with Gasteiger partial charge in [0.2, 0.25) is 20.0 Å². The number of piperazine rings is 2. The minimum absolute atomic E-state index is 0.109. The second kappa shape index (κ2) is 33.1. The number of aryl methyl sites for hydroxylation is 2. The minimum atomic E-state index is -3.64. The van der Waals surface area contributed by atoms with Gasteiger partial charge in [-0.1, -0.05) is 36.4 Å². The lowest BCUT2D eigenvalue weighted by atomic mass is 10.1. The van der Waals surface area contributed by atoms with Crippen LogP contribution in [-0.2, 0) is 47.2 Å². The molecule has 534 valence electrons. The van der Waals surface area contributed by atoms with Gasteiger partial charge in [0.15, 0.2) is 11.6 Å². The van der Waals surface area contributed by atoms with E-state index in [4.69, 9.17) is 14.5 Å². The van der Waals surface area contributed by atoms with E-state index in [2.05, 4.69) is 28.4 Å². The Morgan fingerprint density at radius 2 is 1.01 bits per heavy atom. The van der Waals surface area contributed by atoms with Crippen molar-refractivity contribution >= 4 is 50.2 Å². The van der Waals surface area contributed by atoms with Crippen LogP contribution >= 0.6 is 0 Å². The molecule has 23 nitrogen and oxygen atoms in total. The quantitative estimate of drug-likeness (QED) is 0.0465. The van der Waals surface area contributed by atoms with Crippen LogP contribution in [0.15, 0.2) is 154 Å². The Bertz CT molecular complexity index is 4130. The molecule has 10 rings (SSSR count). The minimum Gasteiger partial charge on any atom is -0.444 e. The first kappa shape index (κ1) is 76.3. The summed E-state index contributed by atoms with van der Waals surface area (Å²) < 4.78 is 92.5. The Labute approximate surface area is 580 Å². The molecular formula is C72H94F2N12O11S2. The van der Waals surface area contributed by atoms with Gasteiger partial charge in [-0.15, -0.1) is 13.2 Å². The molecule has 99 heavy (non-hydrogen) atoms. The van der Waals surface area contributed by atoms with Crippen LogP contribution in [0.5, 0.6) is 0 Å². The number of nitrogens with one attached hydrogen (secondary N) is 1. The van der Waals surface area contributed by atoms with E-state index >= 15 is 0 Å². The van der Waals surface area contributed by atoms with Crippen LogP contribution in [0.3, 0.4) is 0 Å². The summed E-state index contributed by atoms with van der Waals surface area (Å²) in [6.45, 7) is 24.0. The first-order valence-corrected chi connectivity index (χ1v) is 36.1. The van der Waals surface area contributed by atoms with Gasteiger partial charge < -0.3 is 39.2 Å². The van der Waals surface area contributed by atoms with Crippen molar-refractivity contribution in [3.05, 3.63) is 190 Å². The van der Waals surface area contributed by atoms with Crippen molar-refractivity contribution in [1.82, 2.24) is 47.7 Å². The van der Waals surface area contributed by atoms with Gasteiger partial charge >= 0.3 is 12.2 Å². The highest BCUT2D eigenvalue weighted by atomic mass is 32.2. The fourth-order valence-electron chi connectivity index (χ4n) is 11.5. The van der Waals surface area contributed by atoms with Crippen molar-refractivity contribution in [2.24, 2.45) is 0 Å². The third kappa shape index (κ3) is 20.6. The standard InChI is InChI=1S/C36H47FN6O5S.C24H33N5O6S.C12H14FN/c1-7-18-40(32-24-31(32)26-10-12-27(37)13-11-26)19-8-9-28-25-43(29-14-16-30(17-15-29)49(46,47)39(5)6)34(44)33(38-28)41-20-22-42(23-21-41)35(45)48-36(2,3)4;1-24(2,3)35-23(32)28-14-12-27(13-15-28)21-22(31)29(17-18(25-21)7-6-16-30)19-8-10-20(11-9-19)36(33,34)26(4)5;1-2-7-14-12-8-11(12)9-3-5-10(13)6-4-9/h7,10-17,25,31-32H,1,8-9,18-24H2,2-6H3;8-11,16-17H,6-7,12-15H2,1-5H3;2-6,11-12,14H,1,7-8H2/t31-,32+;;11-,12+/m0.0/s1. The molecular weight excluding hydrogens is 1310 g/mol. The zero-order chi connectivity index (χ0) is 72.1. The molecule has 27 heteroatoms. The Hall–Kier alpha value is -8.47. The van der Waals surface area contributed by atoms with Crippen molar-refractivity contribution in [2.75, 3.05) is 110 Å². The second-order valence-electron chi connectivity index (χ2n) is 27.2. The van der Waals surface area contributed by atoms with Gasteiger partial charge in [0.25, 0.3) is 11.1 Å². The Morgan fingerprint density at radius 3 is 1.39 bits per heavy atom. The topological polar surface area (TPSA) is 242 Å². The molecule has 4 aromatic carbocycles. The molecule has 0 spiro atoms. The van der Waals surface area contributed by atoms with Crippen molar-refractivity contribution < 1.29 is 49.5 Å². The first-order chi connectivity index (χ1) is 46.8. The number of anilines is 2. The van der Waals surface area contributed by atoms with Crippen LogP contribution < -0.4 is 26.2 Å². The molecule has 4 heterocycles. The number of nitrogens with zero attached hydrogens (tertiary/aromatic N) is 11. The summed E-state index contributed by atoms with van der Waals surface area (Å²) in [5.41, 5.74) is 2.72. The summed E-state index contributed by atoms with van der Waals surface area (Å²) >= 11 is 0. The Kier molecular flexibility index (Phi) is 25.5. The van der Waals surface area contributed by atoms with Crippen LogP contribution in [0, 0.1) is 11.6 Å². The van der Waals surface area contributed by atoms with Crippen LogP contribution in [-0.4, -0.2) is 201 Å². The number of amides is 2. The summed E-state index contributed by atoms with van der Waals surface area (Å²) in [5, 5.41) is 3.36. The zero-order valence-electron chi connectivity index (χ0n) is 58.4. The molecule has 2 saturated carbocycles. The van der Waals surface area contributed by atoms with E-state index in [1.165, 1.54) is 91.4 Å². The molecule has 2 saturated heterocycles. The average molecular weight is 1410 g/mol. The van der Waals surface area contributed by atoms with E-state index in [1.54, 1.807) is 67.2 Å². The fraction of sp³-hybridized carbons (Fsp3) is 0.458. The maximum atomic E-state index is 14.0. The molecule has 2 aromatic heterocycles. The number of carbonyl (C=O) groups is 3. The molecule has 4 aliphatic rings. The van der Waals surface area contributed by atoms with Gasteiger partial charge in [-0.25, -0.2) is 53.8 Å². The summed E-state index contributed by atoms with van der Waals surface area (Å²) in [4.78, 5) is 82.4. The average Bonchev–Trinajstić information content (AvgIpc) is 1.78. The summed E-state index contributed by atoms with van der Waals surface area (Å²) in [5.74, 6) is 1.02. The summed E-state index contributed by atoms with van der Waals surface area (Å²) in [6.07, 6.45) is 11.2. The van der Waals surface area contributed by atoms with Gasteiger partial charge in [-0.05, 0) is 164 Å². The molecule has 4 fully saturated rings. The van der Waals surface area contributed by atoms with E-state index < -0.39 is 37.3 Å². The van der Waals surface area contributed by atoms with Gasteiger partial charge in [0.05, 0.1) is 21.2 Å². The number of hydrogen-bond donors (Lipinski definition) is 1. The molecule has 2 aliphatic carbocycles. The third-order valence-electron chi connectivity index (χ3n) is 17.0. The fourth-order valence-corrected chi connectivity index (χ4v) is 13.3. The van der Waals surface area contributed by atoms with Crippen LogP contribution in [0.1, 0.15) is 102 Å². The predicted molar refractivity (Wildman–Crippen MR) is 379 cm³/mol. The number of halogens is 2. The van der Waals surface area contributed by atoms with Crippen molar-refractivity contribution in [2.45, 2.75) is 125 Å². The van der Waals surface area contributed by atoms with Gasteiger partial charge in [0, 0.05) is 148 Å². The van der Waals surface area contributed by atoms with Crippen LogP contribution in [0.4, 0.5) is 30.0 Å². The molecule has 0 radical (unpaired) electrons. The van der Waals surface area contributed by atoms with E-state index in [9.17, 15) is 49.6 Å². The lowest BCUT2D eigenvalue weighted by Gasteiger charge is -2.36. The monoisotopic (exact) mass is 1400 g/mol. The lowest BCUT2D eigenvalue weighted by molar-refractivity contribution is -0.107. The number of rotatable bonds is 23. The van der Waals surface area contributed by atoms with Gasteiger partial charge in [-0.2, -0.15) is 0 Å². The normalized spacial score (nSPS) is 17.8. The molecule has 4 atom stereocenters. The Balaban J connectivity index is 0.000000217. The summed E-state index contributed by atoms with van der Waals surface area (Å²) in [7, 11) is -1.41.